The molecule has 0 bridgehead atoms. The summed E-state index contributed by atoms with van der Waals surface area (Å²) in [5.41, 5.74) is 3.59. The molecular formula is C19H19N5. The highest BCUT2D eigenvalue weighted by Crippen LogP contribution is 2.21. The Morgan fingerprint density at radius 1 is 1.21 bits per heavy atom. The molecule has 3 aromatic rings. The summed E-state index contributed by atoms with van der Waals surface area (Å²) in [7, 11) is 0. The quantitative estimate of drug-likeness (QED) is 0.776. The van der Waals surface area contributed by atoms with Crippen molar-refractivity contribution in [1.82, 2.24) is 14.9 Å². The normalized spacial score (nSPS) is 17.9. The number of para-hydroxylation sites is 1. The summed E-state index contributed by atoms with van der Waals surface area (Å²) in [6.07, 6.45) is 1.09. The number of benzene rings is 2. The van der Waals surface area contributed by atoms with E-state index in [1.807, 2.05) is 12.1 Å². The van der Waals surface area contributed by atoms with Crippen LogP contribution in [0.3, 0.4) is 0 Å². The van der Waals surface area contributed by atoms with Crippen LogP contribution in [-0.2, 0) is 6.54 Å². The number of H-pyrrole nitrogens is 1. The van der Waals surface area contributed by atoms with E-state index in [1.165, 1.54) is 5.56 Å². The van der Waals surface area contributed by atoms with Gasteiger partial charge >= 0.3 is 0 Å². The first-order valence-electron chi connectivity index (χ1n) is 8.23. The molecule has 120 valence electrons. The lowest BCUT2D eigenvalue weighted by atomic mass is 10.2. The topological polar surface area (TPSA) is 67.7 Å². The van der Waals surface area contributed by atoms with Crippen LogP contribution in [0, 0.1) is 11.3 Å². The average molecular weight is 317 g/mol. The molecule has 1 fully saturated rings. The third kappa shape index (κ3) is 2.97. The Kier molecular flexibility index (Phi) is 3.89. The van der Waals surface area contributed by atoms with Crippen molar-refractivity contribution < 1.29 is 0 Å². The van der Waals surface area contributed by atoms with Gasteiger partial charge in [-0.25, -0.2) is 4.98 Å². The number of hydrogen-bond acceptors (Lipinski definition) is 4. The zero-order valence-electron chi connectivity index (χ0n) is 13.4. The van der Waals surface area contributed by atoms with Gasteiger partial charge in [0.2, 0.25) is 5.95 Å². The van der Waals surface area contributed by atoms with Crippen molar-refractivity contribution in [2.24, 2.45) is 0 Å². The van der Waals surface area contributed by atoms with E-state index in [4.69, 9.17) is 0 Å². The minimum absolute atomic E-state index is 0.375. The summed E-state index contributed by atoms with van der Waals surface area (Å²) < 4.78 is 0. The van der Waals surface area contributed by atoms with Crippen molar-refractivity contribution >= 4 is 17.0 Å². The summed E-state index contributed by atoms with van der Waals surface area (Å²) >= 11 is 0. The van der Waals surface area contributed by atoms with Crippen LogP contribution in [0.1, 0.15) is 17.5 Å². The third-order valence-electron chi connectivity index (χ3n) is 4.50. The Morgan fingerprint density at radius 3 is 2.92 bits per heavy atom. The van der Waals surface area contributed by atoms with E-state index >= 15 is 0 Å². The maximum absolute atomic E-state index is 9.17. The predicted octanol–water partition coefficient (Wildman–Crippen LogP) is 3.12. The van der Waals surface area contributed by atoms with Crippen LogP contribution in [0.5, 0.6) is 0 Å². The Bertz CT molecular complexity index is 878. The van der Waals surface area contributed by atoms with Gasteiger partial charge in [-0.1, -0.05) is 36.4 Å². The average Bonchev–Trinajstić information content (AvgIpc) is 3.22. The lowest BCUT2D eigenvalue weighted by Gasteiger charge is -2.16. The molecule has 0 spiro atoms. The summed E-state index contributed by atoms with van der Waals surface area (Å²) in [6.45, 7) is 3.06. The largest absolute Gasteiger partial charge is 0.352 e. The number of hydrogen-bond donors (Lipinski definition) is 2. The van der Waals surface area contributed by atoms with E-state index in [0.29, 0.717) is 11.6 Å². The number of aromatic nitrogens is 2. The van der Waals surface area contributed by atoms with Crippen LogP contribution >= 0.6 is 0 Å². The first-order valence-corrected chi connectivity index (χ1v) is 8.23. The van der Waals surface area contributed by atoms with Crippen molar-refractivity contribution in [2.45, 2.75) is 19.0 Å². The second kappa shape index (κ2) is 6.34. The number of aromatic amines is 1. The highest BCUT2D eigenvalue weighted by Gasteiger charge is 2.23. The minimum atomic E-state index is 0.375. The Balaban J connectivity index is 1.42. The molecule has 24 heavy (non-hydrogen) atoms. The fraction of sp³-hybridized carbons (Fsp3) is 0.263. The number of nitrogens with one attached hydrogen (secondary N) is 2. The third-order valence-corrected chi connectivity index (χ3v) is 4.50. The molecule has 0 saturated carbocycles. The molecule has 2 N–H and O–H groups in total. The zero-order valence-corrected chi connectivity index (χ0v) is 13.4. The van der Waals surface area contributed by atoms with Crippen molar-refractivity contribution in [3.63, 3.8) is 0 Å². The zero-order chi connectivity index (χ0) is 16.4. The van der Waals surface area contributed by atoms with Gasteiger partial charge in [0.15, 0.2) is 0 Å². The first-order chi connectivity index (χ1) is 11.8. The van der Waals surface area contributed by atoms with Crippen LogP contribution in [0.15, 0.2) is 48.5 Å². The summed E-state index contributed by atoms with van der Waals surface area (Å²) in [6, 6.07) is 18.7. The molecule has 2 aromatic carbocycles. The number of anilines is 1. The van der Waals surface area contributed by atoms with Gasteiger partial charge in [0.1, 0.15) is 11.6 Å². The number of imidazole rings is 1. The number of likely N-dealkylation sites (tertiary alicyclic amines) is 1. The lowest BCUT2D eigenvalue weighted by molar-refractivity contribution is 0.328. The van der Waals surface area contributed by atoms with Crippen LogP contribution in [0.25, 0.3) is 11.0 Å². The fourth-order valence-corrected chi connectivity index (χ4v) is 3.32. The van der Waals surface area contributed by atoms with Crippen LogP contribution in [0.4, 0.5) is 5.95 Å². The van der Waals surface area contributed by atoms with Crippen molar-refractivity contribution in [2.75, 3.05) is 18.4 Å². The van der Waals surface area contributed by atoms with Crippen molar-refractivity contribution in [3.8, 4) is 6.07 Å². The standard InChI is InChI=1S/C19H19N5/c20-11-15-7-4-8-17-18(15)23-19(22-17)21-16-9-10-24(13-16)12-14-5-2-1-3-6-14/h1-8,16H,9-10,12-13H2,(H2,21,22,23). The summed E-state index contributed by atoms with van der Waals surface area (Å²) in [5.74, 6) is 0.749. The monoisotopic (exact) mass is 317 g/mol. The highest BCUT2D eigenvalue weighted by molar-refractivity contribution is 5.83. The number of nitrogens with zero attached hydrogens (tertiary/aromatic N) is 3. The summed E-state index contributed by atoms with van der Waals surface area (Å²) in [4.78, 5) is 10.3. The molecule has 0 aliphatic carbocycles. The molecule has 2 heterocycles. The molecule has 0 radical (unpaired) electrons. The number of fused-ring (bicyclic) bond motifs is 1. The van der Waals surface area contributed by atoms with Gasteiger partial charge in [-0.05, 0) is 24.1 Å². The van der Waals surface area contributed by atoms with Gasteiger partial charge in [0.05, 0.1) is 11.1 Å². The molecule has 1 aliphatic rings. The smallest absolute Gasteiger partial charge is 0.201 e. The van der Waals surface area contributed by atoms with Crippen LogP contribution in [0.2, 0.25) is 0 Å². The molecule has 1 aliphatic heterocycles. The van der Waals surface area contributed by atoms with E-state index in [1.54, 1.807) is 6.07 Å². The van der Waals surface area contributed by atoms with Gasteiger partial charge in [-0.2, -0.15) is 5.26 Å². The van der Waals surface area contributed by atoms with E-state index in [2.05, 4.69) is 56.6 Å². The molecule has 1 unspecified atom stereocenters. The van der Waals surface area contributed by atoms with Gasteiger partial charge in [0.25, 0.3) is 0 Å². The van der Waals surface area contributed by atoms with Crippen molar-refractivity contribution in [3.05, 3.63) is 59.7 Å². The van der Waals surface area contributed by atoms with Crippen LogP contribution in [-0.4, -0.2) is 34.0 Å². The molecule has 1 saturated heterocycles. The lowest BCUT2D eigenvalue weighted by Crippen LogP contribution is -2.26. The van der Waals surface area contributed by atoms with E-state index < -0.39 is 0 Å². The fourth-order valence-electron chi connectivity index (χ4n) is 3.32. The number of nitriles is 1. The van der Waals surface area contributed by atoms with Gasteiger partial charge in [0, 0.05) is 25.7 Å². The van der Waals surface area contributed by atoms with Crippen molar-refractivity contribution in [1.29, 1.82) is 5.26 Å². The number of rotatable bonds is 4. The maximum Gasteiger partial charge on any atom is 0.201 e. The first kappa shape index (κ1) is 14.7. The van der Waals surface area contributed by atoms with E-state index in [-0.39, 0.29) is 0 Å². The predicted molar refractivity (Wildman–Crippen MR) is 94.6 cm³/mol. The molecule has 5 heteroatoms. The molecule has 1 aromatic heterocycles. The van der Waals surface area contributed by atoms with E-state index in [9.17, 15) is 5.26 Å². The van der Waals surface area contributed by atoms with Gasteiger partial charge < -0.3 is 10.3 Å². The second-order valence-electron chi connectivity index (χ2n) is 6.25. The molecule has 0 amide bonds. The van der Waals surface area contributed by atoms with Gasteiger partial charge in [-0.15, -0.1) is 0 Å². The Labute approximate surface area is 140 Å². The van der Waals surface area contributed by atoms with Gasteiger partial charge in [-0.3, -0.25) is 4.90 Å². The molecule has 5 nitrogen and oxygen atoms in total. The highest BCUT2D eigenvalue weighted by atomic mass is 15.2. The molecule has 1 atom stereocenters. The molecular weight excluding hydrogens is 298 g/mol. The second-order valence-corrected chi connectivity index (χ2v) is 6.25. The SMILES string of the molecule is N#Cc1cccc2[nH]c(NC3CCN(Cc4ccccc4)C3)nc12. The Hall–Kier alpha value is -2.84. The molecule has 4 rings (SSSR count). The summed E-state index contributed by atoms with van der Waals surface area (Å²) in [5, 5.41) is 12.7. The maximum atomic E-state index is 9.17. The Morgan fingerprint density at radius 2 is 2.08 bits per heavy atom. The van der Waals surface area contributed by atoms with Crippen LogP contribution < -0.4 is 5.32 Å². The minimum Gasteiger partial charge on any atom is -0.352 e. The van der Waals surface area contributed by atoms with E-state index in [0.717, 1.165) is 43.0 Å².